The summed E-state index contributed by atoms with van der Waals surface area (Å²) in [7, 11) is -3.69. The first-order valence-electron chi connectivity index (χ1n) is 19.9. The van der Waals surface area contributed by atoms with Gasteiger partial charge in [0.05, 0.1) is 22.4 Å². The van der Waals surface area contributed by atoms with Crippen LogP contribution in [0.25, 0.3) is 0 Å². The Morgan fingerprint density at radius 3 is 1.09 bits per heavy atom. The summed E-state index contributed by atoms with van der Waals surface area (Å²) in [4.78, 5) is 4.36. The molecule has 0 saturated carbocycles. The van der Waals surface area contributed by atoms with Gasteiger partial charge in [0.25, 0.3) is 10.1 Å². The molecule has 0 atom stereocenters. The Bertz CT molecular complexity index is 1570. The number of hydrogen-bond acceptors (Lipinski definition) is 3. The fourth-order valence-electron chi connectivity index (χ4n) is 6.09. The highest BCUT2D eigenvalue weighted by Crippen LogP contribution is 2.35. The molecule has 0 fully saturated rings. The van der Waals surface area contributed by atoms with Crippen molar-refractivity contribution in [2.24, 2.45) is 0 Å². The molecule has 0 aliphatic heterocycles. The average molecular weight is 758 g/mol. The van der Waals surface area contributed by atoms with Crippen LogP contribution in [-0.2, 0) is 41.4 Å². The van der Waals surface area contributed by atoms with Gasteiger partial charge in [0.1, 0.15) is 0 Å². The van der Waals surface area contributed by atoms with E-state index < -0.39 is 10.1 Å². The highest BCUT2D eigenvalue weighted by molar-refractivity contribution is 7.97. The van der Waals surface area contributed by atoms with Crippen LogP contribution in [0.5, 0.6) is 0 Å². The molecule has 0 spiro atoms. The van der Waals surface area contributed by atoms with Crippen LogP contribution in [0.2, 0.25) is 0 Å². The zero-order chi connectivity index (χ0) is 39.1. The highest BCUT2D eigenvalue weighted by atomic mass is 32.2. The zero-order valence-electron chi connectivity index (χ0n) is 34.6. The van der Waals surface area contributed by atoms with Gasteiger partial charge in [0, 0.05) is 0 Å². The fourth-order valence-corrected chi connectivity index (χ4v) is 9.10. The third-order valence-electron chi connectivity index (χ3n) is 9.64. The van der Waals surface area contributed by atoms with E-state index in [1.165, 1.54) is 82.7 Å². The summed E-state index contributed by atoms with van der Waals surface area (Å²) in [6.07, 6.45) is 12.3. The Labute approximate surface area is 327 Å². The van der Waals surface area contributed by atoms with E-state index in [0.717, 1.165) is 12.8 Å². The fraction of sp³-hybridized carbons (Fsp3) is 0.500. The molecule has 0 aliphatic rings. The van der Waals surface area contributed by atoms with Crippen LogP contribution >= 0.6 is 0 Å². The molecule has 0 saturated heterocycles. The van der Waals surface area contributed by atoms with Crippen molar-refractivity contribution in [3.8, 4) is 0 Å². The molecule has 4 aromatic rings. The maximum absolute atomic E-state index is 11.9. The van der Waals surface area contributed by atoms with Crippen molar-refractivity contribution < 1.29 is 12.6 Å². The minimum atomic E-state index is -3.57. The second kappa shape index (κ2) is 20.7. The van der Waals surface area contributed by atoms with E-state index in [1.807, 2.05) is 0 Å². The van der Waals surface area contributed by atoms with E-state index in [-0.39, 0.29) is 38.6 Å². The van der Waals surface area contributed by atoms with Gasteiger partial charge in [-0.25, -0.2) is 0 Å². The SMILES string of the molecule is CC(C)(C)c1ccc([S+](c2ccc(C(C)(C)C)cc2)c2ccc(C(C)(C)C)cc2)cc1.CCCCCCCCCCCCOS(=O)(=O)c1ccccc1. The molecule has 0 N–H and O–H groups in total. The van der Waals surface area contributed by atoms with Crippen molar-refractivity contribution >= 4 is 21.0 Å². The van der Waals surface area contributed by atoms with E-state index in [4.69, 9.17) is 4.18 Å². The van der Waals surface area contributed by atoms with Gasteiger partial charge in [0.2, 0.25) is 0 Å². The lowest BCUT2D eigenvalue weighted by molar-refractivity contribution is 0.306. The maximum Gasteiger partial charge on any atom is 0.296 e. The first kappa shape index (κ1) is 44.5. The molecule has 0 aliphatic carbocycles. The normalized spacial score (nSPS) is 12.4. The first-order valence-corrected chi connectivity index (χ1v) is 22.6. The lowest BCUT2D eigenvalue weighted by Crippen LogP contribution is -2.13. The summed E-state index contributed by atoms with van der Waals surface area (Å²) >= 11 is 0. The Morgan fingerprint density at radius 1 is 0.453 bits per heavy atom. The van der Waals surface area contributed by atoms with Crippen molar-refractivity contribution in [1.29, 1.82) is 0 Å². The molecule has 0 unspecified atom stereocenters. The largest absolute Gasteiger partial charge is 0.296 e. The zero-order valence-corrected chi connectivity index (χ0v) is 36.3. The molecule has 0 bridgehead atoms. The molecule has 0 amide bonds. The summed E-state index contributed by atoms with van der Waals surface area (Å²) in [5.41, 5.74) is 4.64. The Kier molecular flexibility index (Phi) is 17.4. The minimum absolute atomic E-state index is 0.120. The second-order valence-electron chi connectivity index (χ2n) is 17.4. The van der Waals surface area contributed by atoms with Crippen LogP contribution in [0.3, 0.4) is 0 Å². The quantitative estimate of drug-likeness (QED) is 0.0649. The van der Waals surface area contributed by atoms with Crippen molar-refractivity contribution in [3.63, 3.8) is 0 Å². The molecule has 0 aromatic heterocycles. The van der Waals surface area contributed by atoms with Gasteiger partial charge in [-0.05, 0) is 87.9 Å². The molecular weight excluding hydrogens is 689 g/mol. The van der Waals surface area contributed by atoms with E-state index in [0.29, 0.717) is 0 Å². The van der Waals surface area contributed by atoms with E-state index >= 15 is 0 Å². The summed E-state index contributed by atoms with van der Waals surface area (Å²) in [5, 5.41) is 0. The molecular formula is C48H69O3S2+. The predicted octanol–water partition coefficient (Wildman–Crippen LogP) is 14.0. The van der Waals surface area contributed by atoms with Crippen LogP contribution in [0, 0.1) is 0 Å². The van der Waals surface area contributed by atoms with Crippen LogP contribution in [0.15, 0.2) is 123 Å². The van der Waals surface area contributed by atoms with Gasteiger partial charge in [0.15, 0.2) is 14.7 Å². The molecule has 4 rings (SSSR count). The Hall–Kier alpha value is -2.86. The maximum atomic E-state index is 11.9. The van der Waals surface area contributed by atoms with Gasteiger partial charge in [-0.15, -0.1) is 0 Å². The van der Waals surface area contributed by atoms with Crippen LogP contribution in [0.4, 0.5) is 0 Å². The van der Waals surface area contributed by atoms with E-state index in [1.54, 1.807) is 30.3 Å². The van der Waals surface area contributed by atoms with Crippen molar-refractivity contribution in [2.75, 3.05) is 6.61 Å². The summed E-state index contributed by atoms with van der Waals surface area (Å²) < 4.78 is 28.8. The molecule has 0 heterocycles. The number of unbranched alkanes of at least 4 members (excludes halogenated alkanes) is 9. The summed E-state index contributed by atoms with van der Waals surface area (Å²) in [6, 6.07) is 36.2. The summed E-state index contributed by atoms with van der Waals surface area (Å²) in [5.74, 6) is 0. The molecule has 0 radical (unpaired) electrons. The van der Waals surface area contributed by atoms with Crippen molar-refractivity contribution in [2.45, 2.75) is 169 Å². The van der Waals surface area contributed by atoms with Gasteiger partial charge in [-0.2, -0.15) is 8.42 Å². The summed E-state index contributed by atoms with van der Waals surface area (Å²) in [6.45, 7) is 23.0. The smallest absolute Gasteiger partial charge is 0.266 e. The molecule has 53 heavy (non-hydrogen) atoms. The number of benzene rings is 4. The van der Waals surface area contributed by atoms with Gasteiger partial charge in [-0.1, -0.05) is 182 Å². The number of rotatable bonds is 16. The van der Waals surface area contributed by atoms with Gasteiger partial charge < -0.3 is 0 Å². The lowest BCUT2D eigenvalue weighted by atomic mass is 9.87. The van der Waals surface area contributed by atoms with Crippen molar-refractivity contribution in [1.82, 2.24) is 0 Å². The van der Waals surface area contributed by atoms with Crippen LogP contribution in [-0.4, -0.2) is 15.0 Å². The van der Waals surface area contributed by atoms with Crippen LogP contribution < -0.4 is 0 Å². The van der Waals surface area contributed by atoms with E-state index in [2.05, 4.69) is 142 Å². The van der Waals surface area contributed by atoms with E-state index in [9.17, 15) is 8.42 Å². The molecule has 3 nitrogen and oxygen atoms in total. The van der Waals surface area contributed by atoms with Gasteiger partial charge in [-0.3, -0.25) is 4.18 Å². The minimum Gasteiger partial charge on any atom is -0.266 e. The molecule has 290 valence electrons. The second-order valence-corrected chi connectivity index (χ2v) is 21.0. The predicted molar refractivity (Wildman–Crippen MR) is 229 cm³/mol. The molecule has 5 heteroatoms. The highest BCUT2D eigenvalue weighted by Gasteiger charge is 2.30. The number of hydrogen-bond donors (Lipinski definition) is 0. The third-order valence-corrected chi connectivity index (χ3v) is 13.2. The Balaban J connectivity index is 0.000000304. The van der Waals surface area contributed by atoms with Gasteiger partial charge >= 0.3 is 0 Å². The first-order chi connectivity index (χ1) is 24.9. The average Bonchev–Trinajstić information content (AvgIpc) is 3.11. The molecule has 4 aromatic carbocycles. The van der Waals surface area contributed by atoms with Crippen LogP contribution in [0.1, 0.15) is 150 Å². The van der Waals surface area contributed by atoms with Crippen molar-refractivity contribution in [3.05, 3.63) is 120 Å². The topological polar surface area (TPSA) is 43.4 Å². The third kappa shape index (κ3) is 15.1. The lowest BCUT2D eigenvalue weighted by Gasteiger charge is -2.21. The Morgan fingerprint density at radius 2 is 0.774 bits per heavy atom. The standard InChI is InChI=1S/C30H39S.C18H30O3S/c1-28(2,3)22-10-16-25(17-11-22)31(26-18-12-23(13-19-26)29(4,5)6)27-20-14-24(15-21-27)30(7,8)9;1-2-3-4-5-6-7-8-9-10-14-17-21-22(19,20)18-15-12-11-13-16-18/h10-21H,1-9H3;11-13,15-16H,2-10,14,17H2,1H3/q+1;. The monoisotopic (exact) mass is 757 g/mol.